The van der Waals surface area contributed by atoms with Crippen LogP contribution in [0, 0.1) is 5.41 Å². The monoisotopic (exact) mass is 330 g/mol. The largest absolute Gasteiger partial charge is 0.179 e. The van der Waals surface area contributed by atoms with E-state index in [1.165, 1.54) is 47.2 Å². The highest BCUT2D eigenvalue weighted by atomic mass is 79.9. The first-order chi connectivity index (χ1) is 8.26. The van der Waals surface area contributed by atoms with E-state index in [1.54, 1.807) is 0 Å². The number of thioether (sulfide) groups is 1. The number of thiol groups is 1. The Labute approximate surface area is 122 Å². The minimum Gasteiger partial charge on any atom is -0.179 e. The normalized spacial score (nSPS) is 19.2. The van der Waals surface area contributed by atoms with E-state index in [4.69, 9.17) is 0 Å². The third-order valence-corrected chi connectivity index (χ3v) is 6.67. The highest BCUT2D eigenvalue weighted by molar-refractivity contribution is 9.10. The van der Waals surface area contributed by atoms with E-state index in [9.17, 15) is 0 Å². The van der Waals surface area contributed by atoms with Crippen molar-refractivity contribution in [3.63, 3.8) is 0 Å². The summed E-state index contributed by atoms with van der Waals surface area (Å²) in [5.41, 5.74) is 0.474. The lowest BCUT2D eigenvalue weighted by Gasteiger charge is -2.35. The molecule has 0 heterocycles. The zero-order valence-electron chi connectivity index (χ0n) is 9.99. The number of benzene rings is 1. The second-order valence-corrected chi connectivity index (χ2v) is 7.13. The maximum absolute atomic E-state index is 4.60. The summed E-state index contributed by atoms with van der Waals surface area (Å²) in [4.78, 5) is 1.36. The zero-order chi connectivity index (χ0) is 12.1. The molecule has 94 valence electrons. The van der Waals surface area contributed by atoms with Gasteiger partial charge in [-0.2, -0.15) is 12.6 Å². The molecule has 0 radical (unpaired) electrons. The molecule has 1 fully saturated rings. The number of hydrogen-bond donors (Lipinski definition) is 1. The van der Waals surface area contributed by atoms with E-state index in [0.29, 0.717) is 5.41 Å². The summed E-state index contributed by atoms with van der Waals surface area (Å²) in [5, 5.41) is 0. The summed E-state index contributed by atoms with van der Waals surface area (Å²) in [7, 11) is 0. The fraction of sp³-hybridized carbons (Fsp3) is 0.571. The molecule has 1 aromatic rings. The molecule has 0 aromatic heterocycles. The van der Waals surface area contributed by atoms with E-state index in [2.05, 4.69) is 52.8 Å². The second kappa shape index (κ2) is 6.53. The Balaban J connectivity index is 1.98. The zero-order valence-corrected chi connectivity index (χ0v) is 13.3. The lowest BCUT2D eigenvalue weighted by atomic mass is 9.77. The van der Waals surface area contributed by atoms with Gasteiger partial charge in [-0.3, -0.25) is 0 Å². The first-order valence-electron chi connectivity index (χ1n) is 6.24. The van der Waals surface area contributed by atoms with Crippen LogP contribution in [0.3, 0.4) is 0 Å². The second-order valence-electron chi connectivity index (χ2n) is 4.94. The maximum atomic E-state index is 4.60. The number of halogens is 1. The van der Waals surface area contributed by atoms with Gasteiger partial charge >= 0.3 is 0 Å². The standard InChI is InChI=1S/C14H19BrS2/c15-12-6-2-3-7-13(12)17-11-14(10-16)8-4-1-5-9-14/h2-3,6-7,16H,1,4-5,8-11H2. The van der Waals surface area contributed by atoms with Crippen molar-refractivity contribution in [2.45, 2.75) is 37.0 Å². The molecule has 3 heteroatoms. The van der Waals surface area contributed by atoms with Crippen molar-refractivity contribution < 1.29 is 0 Å². The van der Waals surface area contributed by atoms with E-state index in [1.807, 2.05) is 11.8 Å². The minimum atomic E-state index is 0.474. The fourth-order valence-electron chi connectivity index (χ4n) is 2.44. The van der Waals surface area contributed by atoms with E-state index in [-0.39, 0.29) is 0 Å². The predicted octanol–water partition coefficient (Wildman–Crippen LogP) is 5.42. The molecule has 17 heavy (non-hydrogen) atoms. The van der Waals surface area contributed by atoms with Gasteiger partial charge < -0.3 is 0 Å². The van der Waals surface area contributed by atoms with Crippen LogP contribution in [-0.2, 0) is 0 Å². The average molecular weight is 331 g/mol. The van der Waals surface area contributed by atoms with Crippen LogP contribution in [0.25, 0.3) is 0 Å². The van der Waals surface area contributed by atoms with Crippen LogP contribution in [0.2, 0.25) is 0 Å². The molecule has 0 atom stereocenters. The third kappa shape index (κ3) is 3.68. The average Bonchev–Trinajstić information content (AvgIpc) is 2.39. The smallest absolute Gasteiger partial charge is 0.0311 e. The molecule has 0 unspecified atom stereocenters. The molecule has 0 nitrogen and oxygen atoms in total. The van der Waals surface area contributed by atoms with Crippen LogP contribution in [0.5, 0.6) is 0 Å². The third-order valence-electron chi connectivity index (χ3n) is 3.62. The molecule has 1 aromatic carbocycles. The summed E-state index contributed by atoms with van der Waals surface area (Å²) < 4.78 is 1.22. The minimum absolute atomic E-state index is 0.474. The Hall–Kier alpha value is 0.400. The van der Waals surface area contributed by atoms with Crippen LogP contribution in [0.15, 0.2) is 33.6 Å². The van der Waals surface area contributed by atoms with Gasteiger partial charge in [0.15, 0.2) is 0 Å². The molecule has 2 rings (SSSR count). The van der Waals surface area contributed by atoms with Gasteiger partial charge in [-0.25, -0.2) is 0 Å². The Morgan fingerprint density at radius 2 is 1.88 bits per heavy atom. The SMILES string of the molecule is SCC1(CSc2ccccc2Br)CCCCC1. The first-order valence-corrected chi connectivity index (χ1v) is 8.65. The van der Waals surface area contributed by atoms with Crippen LogP contribution in [-0.4, -0.2) is 11.5 Å². The molecule has 0 saturated heterocycles. The van der Waals surface area contributed by atoms with Gasteiger partial charge in [-0.05, 0) is 52.1 Å². The lowest BCUT2D eigenvalue weighted by molar-refractivity contribution is 0.259. The molecular formula is C14H19BrS2. The molecule has 1 saturated carbocycles. The molecule has 0 aliphatic heterocycles. The van der Waals surface area contributed by atoms with Crippen molar-refractivity contribution in [3.05, 3.63) is 28.7 Å². The van der Waals surface area contributed by atoms with E-state index >= 15 is 0 Å². The van der Waals surface area contributed by atoms with E-state index in [0.717, 1.165) is 5.75 Å². The van der Waals surface area contributed by atoms with Gasteiger partial charge in [0.05, 0.1) is 0 Å². The molecular weight excluding hydrogens is 312 g/mol. The summed E-state index contributed by atoms with van der Waals surface area (Å²) in [6, 6.07) is 8.50. The van der Waals surface area contributed by atoms with Crippen molar-refractivity contribution in [2.24, 2.45) is 5.41 Å². The molecule has 1 aliphatic carbocycles. The summed E-state index contributed by atoms with van der Waals surface area (Å²) in [6.07, 6.45) is 6.89. The Morgan fingerprint density at radius 3 is 2.53 bits per heavy atom. The first kappa shape index (κ1) is 13.8. The molecule has 0 amide bonds. The Morgan fingerprint density at radius 1 is 1.18 bits per heavy atom. The van der Waals surface area contributed by atoms with Crippen LogP contribution in [0.4, 0.5) is 0 Å². The summed E-state index contributed by atoms with van der Waals surface area (Å²) >= 11 is 10.2. The van der Waals surface area contributed by atoms with Gasteiger partial charge in [0.2, 0.25) is 0 Å². The van der Waals surface area contributed by atoms with Crippen molar-refractivity contribution in [1.29, 1.82) is 0 Å². The van der Waals surface area contributed by atoms with Gasteiger partial charge in [-0.15, -0.1) is 11.8 Å². The quantitative estimate of drug-likeness (QED) is 0.568. The van der Waals surface area contributed by atoms with Crippen LogP contribution >= 0.6 is 40.3 Å². The Bertz CT molecular complexity index is 359. The van der Waals surface area contributed by atoms with Crippen LogP contribution in [0.1, 0.15) is 32.1 Å². The number of rotatable bonds is 4. The highest BCUT2D eigenvalue weighted by Crippen LogP contribution is 2.42. The van der Waals surface area contributed by atoms with Crippen LogP contribution < -0.4 is 0 Å². The van der Waals surface area contributed by atoms with Gasteiger partial charge in [0.1, 0.15) is 0 Å². The maximum Gasteiger partial charge on any atom is 0.0311 e. The molecule has 0 N–H and O–H groups in total. The highest BCUT2D eigenvalue weighted by Gasteiger charge is 2.30. The molecule has 0 bridgehead atoms. The van der Waals surface area contributed by atoms with E-state index < -0.39 is 0 Å². The van der Waals surface area contributed by atoms with Crippen molar-refractivity contribution in [1.82, 2.24) is 0 Å². The van der Waals surface area contributed by atoms with Gasteiger partial charge in [-0.1, -0.05) is 31.4 Å². The Kier molecular flexibility index (Phi) is 5.31. The predicted molar refractivity (Wildman–Crippen MR) is 84.2 cm³/mol. The summed E-state index contributed by atoms with van der Waals surface area (Å²) in [6.45, 7) is 0. The van der Waals surface area contributed by atoms with Gasteiger partial charge in [0.25, 0.3) is 0 Å². The number of hydrogen-bond acceptors (Lipinski definition) is 2. The molecule has 1 aliphatic rings. The fourth-order valence-corrected chi connectivity index (χ4v) is 4.88. The summed E-state index contributed by atoms with van der Waals surface area (Å²) in [5.74, 6) is 2.24. The van der Waals surface area contributed by atoms with Crippen molar-refractivity contribution in [3.8, 4) is 0 Å². The van der Waals surface area contributed by atoms with Crippen molar-refractivity contribution >= 4 is 40.3 Å². The lowest BCUT2D eigenvalue weighted by Crippen LogP contribution is -2.28. The van der Waals surface area contributed by atoms with Gasteiger partial charge in [0, 0.05) is 15.1 Å². The van der Waals surface area contributed by atoms with Crippen molar-refractivity contribution in [2.75, 3.05) is 11.5 Å². The molecule has 0 spiro atoms. The topological polar surface area (TPSA) is 0 Å².